The lowest BCUT2D eigenvalue weighted by Gasteiger charge is -2.29. The number of nitrogens with zero attached hydrogens (tertiary/aromatic N) is 3. The highest BCUT2D eigenvalue weighted by molar-refractivity contribution is 5.93. The Morgan fingerprint density at radius 3 is 2.66 bits per heavy atom. The second-order valence-corrected chi connectivity index (χ2v) is 9.59. The predicted molar refractivity (Wildman–Crippen MR) is 141 cm³/mol. The van der Waals surface area contributed by atoms with E-state index < -0.39 is 0 Å². The maximum absolute atomic E-state index is 11.8. The molecule has 0 bridgehead atoms. The van der Waals surface area contributed by atoms with E-state index in [1.807, 2.05) is 36.7 Å². The lowest BCUT2D eigenvalue weighted by atomic mass is 9.75. The molecule has 1 atom stereocenters. The van der Waals surface area contributed by atoms with Crippen LogP contribution in [0, 0.1) is 0 Å². The van der Waals surface area contributed by atoms with Crippen molar-refractivity contribution in [3.63, 3.8) is 0 Å². The fourth-order valence-corrected chi connectivity index (χ4v) is 4.61. The molecule has 5 rings (SSSR count). The van der Waals surface area contributed by atoms with Gasteiger partial charge in [-0.15, -0.1) is 0 Å². The first-order valence-electron chi connectivity index (χ1n) is 11.8. The molecule has 6 heteroatoms. The summed E-state index contributed by atoms with van der Waals surface area (Å²) in [5.74, 6) is 0.455. The van der Waals surface area contributed by atoms with Crippen LogP contribution in [0.15, 0.2) is 90.8 Å². The molecule has 0 fully saturated rings. The van der Waals surface area contributed by atoms with E-state index in [0.29, 0.717) is 12.0 Å². The summed E-state index contributed by atoms with van der Waals surface area (Å²) >= 11 is 0. The number of rotatable bonds is 6. The molecular weight excluding hydrogens is 434 g/mol. The van der Waals surface area contributed by atoms with Crippen LogP contribution in [-0.2, 0) is 10.2 Å². The second-order valence-electron chi connectivity index (χ2n) is 9.59. The number of anilines is 1. The number of carbonyl (C=O) groups excluding carboxylic acids is 1. The van der Waals surface area contributed by atoms with Crippen LogP contribution < -0.4 is 11.1 Å². The average Bonchev–Trinajstić information content (AvgIpc) is 3.27. The highest BCUT2D eigenvalue weighted by Gasteiger charge is 2.29. The molecule has 1 aliphatic rings. The highest BCUT2D eigenvalue weighted by Crippen LogP contribution is 2.36. The first kappa shape index (κ1) is 22.6. The molecule has 0 saturated carbocycles. The Morgan fingerprint density at radius 1 is 1.11 bits per heavy atom. The average molecular weight is 464 g/mol. The molecule has 1 amide bonds. The maximum atomic E-state index is 11.8. The fourth-order valence-electron chi connectivity index (χ4n) is 4.61. The number of carbonyl (C=O) groups is 1. The third-order valence-electron chi connectivity index (χ3n) is 6.44. The summed E-state index contributed by atoms with van der Waals surface area (Å²) < 4.78 is 2.09. The first-order valence-corrected chi connectivity index (χ1v) is 11.8. The van der Waals surface area contributed by atoms with E-state index in [1.54, 1.807) is 6.08 Å². The zero-order chi connectivity index (χ0) is 24.6. The molecule has 1 aromatic carbocycles. The van der Waals surface area contributed by atoms with Crippen molar-refractivity contribution in [1.29, 1.82) is 0 Å². The number of fused-ring (bicyclic) bond motifs is 1. The van der Waals surface area contributed by atoms with E-state index >= 15 is 0 Å². The Bertz CT molecular complexity index is 1470. The van der Waals surface area contributed by atoms with Gasteiger partial charge < -0.3 is 11.1 Å². The van der Waals surface area contributed by atoms with Crippen molar-refractivity contribution < 1.29 is 4.79 Å². The zero-order valence-electron chi connectivity index (χ0n) is 20.2. The van der Waals surface area contributed by atoms with Crippen molar-refractivity contribution in [3.05, 3.63) is 96.4 Å². The SMILES string of the molecule is CC(C)Nc1cc(-c2cnc3cc(C4(C)C=CC=C(C(N)=O)C4)ccn23)cc(-c2ccccc2)n1. The van der Waals surface area contributed by atoms with Crippen LogP contribution in [0.3, 0.4) is 0 Å². The number of primary amides is 1. The number of allylic oxidation sites excluding steroid dienone is 3. The third-order valence-corrected chi connectivity index (χ3v) is 6.44. The number of pyridine rings is 2. The smallest absolute Gasteiger partial charge is 0.244 e. The maximum Gasteiger partial charge on any atom is 0.244 e. The van der Waals surface area contributed by atoms with Crippen LogP contribution in [0.5, 0.6) is 0 Å². The molecule has 3 heterocycles. The Labute approximate surface area is 205 Å². The van der Waals surface area contributed by atoms with Crippen molar-refractivity contribution >= 4 is 17.4 Å². The largest absolute Gasteiger partial charge is 0.368 e. The lowest BCUT2D eigenvalue weighted by molar-refractivity contribution is -0.114. The van der Waals surface area contributed by atoms with Gasteiger partial charge in [-0.25, -0.2) is 9.97 Å². The molecule has 4 aromatic rings. The van der Waals surface area contributed by atoms with E-state index in [2.05, 4.69) is 73.0 Å². The van der Waals surface area contributed by atoms with Crippen LogP contribution in [-0.4, -0.2) is 26.3 Å². The number of hydrogen-bond acceptors (Lipinski definition) is 4. The lowest BCUT2D eigenvalue weighted by Crippen LogP contribution is -2.27. The zero-order valence-corrected chi connectivity index (χ0v) is 20.2. The molecule has 3 N–H and O–H groups in total. The summed E-state index contributed by atoms with van der Waals surface area (Å²) in [5, 5.41) is 3.44. The Hall–Kier alpha value is -4.19. The molecule has 0 spiro atoms. The standard InChI is InChI=1S/C29H29N5O/c1-19(2)32-26-15-22(14-24(33-26)20-8-5-4-6-9-20)25-18-31-27-16-23(11-13-34(25)27)29(3)12-7-10-21(17-29)28(30)35/h4-16,18-19H,17H2,1-3H3,(H2,30,35)(H,32,33). The van der Waals surface area contributed by atoms with Crippen molar-refractivity contribution in [2.24, 2.45) is 5.73 Å². The highest BCUT2D eigenvalue weighted by atomic mass is 16.1. The van der Waals surface area contributed by atoms with Gasteiger partial charge in [0.1, 0.15) is 11.5 Å². The predicted octanol–water partition coefficient (Wildman–Crippen LogP) is 5.51. The van der Waals surface area contributed by atoms with Gasteiger partial charge in [-0.05, 0) is 50.1 Å². The van der Waals surface area contributed by atoms with Gasteiger partial charge in [-0.2, -0.15) is 0 Å². The summed E-state index contributed by atoms with van der Waals surface area (Å²) in [4.78, 5) is 21.3. The topological polar surface area (TPSA) is 85.3 Å². The summed E-state index contributed by atoms with van der Waals surface area (Å²) in [7, 11) is 0. The van der Waals surface area contributed by atoms with E-state index in [-0.39, 0.29) is 17.4 Å². The van der Waals surface area contributed by atoms with Crippen molar-refractivity contribution in [2.75, 3.05) is 5.32 Å². The van der Waals surface area contributed by atoms with Crippen molar-refractivity contribution in [3.8, 4) is 22.5 Å². The fraction of sp³-hybridized carbons (Fsp3) is 0.207. The van der Waals surface area contributed by atoms with Crippen LogP contribution in [0.4, 0.5) is 5.82 Å². The van der Waals surface area contributed by atoms with Crippen LogP contribution >= 0.6 is 0 Å². The number of benzene rings is 1. The monoisotopic (exact) mass is 463 g/mol. The Balaban J connectivity index is 1.56. The van der Waals surface area contributed by atoms with E-state index in [9.17, 15) is 4.79 Å². The molecule has 0 aliphatic heterocycles. The van der Waals surface area contributed by atoms with Crippen LogP contribution in [0.25, 0.3) is 28.2 Å². The Morgan fingerprint density at radius 2 is 1.91 bits per heavy atom. The summed E-state index contributed by atoms with van der Waals surface area (Å²) in [6, 6.07) is 18.8. The normalized spacial score (nSPS) is 17.5. The van der Waals surface area contributed by atoms with E-state index in [0.717, 1.165) is 39.5 Å². The summed E-state index contributed by atoms with van der Waals surface area (Å²) in [5.41, 5.74) is 11.8. The van der Waals surface area contributed by atoms with Crippen molar-refractivity contribution in [2.45, 2.75) is 38.6 Å². The van der Waals surface area contributed by atoms with Gasteiger partial charge >= 0.3 is 0 Å². The summed E-state index contributed by atoms with van der Waals surface area (Å²) in [6.07, 6.45) is 10.3. The number of aromatic nitrogens is 3. The number of amides is 1. The van der Waals surface area contributed by atoms with Gasteiger partial charge in [0, 0.05) is 34.4 Å². The third kappa shape index (κ3) is 4.47. The molecular formula is C29H29N5O. The second kappa shape index (κ2) is 8.87. The Kier molecular flexibility index (Phi) is 5.73. The van der Waals surface area contributed by atoms with Crippen molar-refractivity contribution in [1.82, 2.24) is 14.4 Å². The number of imidazole rings is 1. The van der Waals surface area contributed by atoms with Crippen LogP contribution in [0.1, 0.15) is 32.8 Å². The molecule has 1 unspecified atom stereocenters. The van der Waals surface area contributed by atoms with Gasteiger partial charge in [0.2, 0.25) is 5.91 Å². The van der Waals surface area contributed by atoms with Gasteiger partial charge in [0.15, 0.2) is 0 Å². The number of nitrogens with one attached hydrogen (secondary N) is 1. The molecule has 6 nitrogen and oxygen atoms in total. The quantitative estimate of drug-likeness (QED) is 0.395. The first-order chi connectivity index (χ1) is 16.8. The summed E-state index contributed by atoms with van der Waals surface area (Å²) in [6.45, 7) is 6.32. The molecule has 0 radical (unpaired) electrons. The molecule has 176 valence electrons. The molecule has 0 saturated heterocycles. The van der Waals surface area contributed by atoms with Crippen LogP contribution in [0.2, 0.25) is 0 Å². The molecule has 1 aliphatic carbocycles. The minimum atomic E-state index is -0.373. The van der Waals surface area contributed by atoms with E-state index in [4.69, 9.17) is 15.7 Å². The van der Waals surface area contributed by atoms with E-state index in [1.165, 1.54) is 0 Å². The minimum Gasteiger partial charge on any atom is -0.368 e. The van der Waals surface area contributed by atoms with Gasteiger partial charge in [-0.1, -0.05) is 55.5 Å². The molecule has 3 aromatic heterocycles. The minimum absolute atomic E-state index is 0.259. The van der Waals surface area contributed by atoms with Gasteiger partial charge in [-0.3, -0.25) is 9.20 Å². The van der Waals surface area contributed by atoms with Gasteiger partial charge in [0.25, 0.3) is 0 Å². The molecule has 35 heavy (non-hydrogen) atoms. The van der Waals surface area contributed by atoms with Gasteiger partial charge in [0.05, 0.1) is 17.6 Å². The number of hydrogen-bond donors (Lipinski definition) is 2. The number of nitrogens with two attached hydrogens (primary N) is 1.